The zero-order valence-electron chi connectivity index (χ0n) is 11.2. The molecule has 3 nitrogen and oxygen atoms in total. The SMILES string of the molecule is CN(C)c1ccc(Cl)cc1NCc1ccccc1N. The molecule has 3 N–H and O–H groups in total. The Kier molecular flexibility index (Phi) is 4.17. The highest BCUT2D eigenvalue weighted by molar-refractivity contribution is 6.31. The van der Waals surface area contributed by atoms with E-state index in [1.54, 1.807) is 0 Å². The predicted molar refractivity (Wildman–Crippen MR) is 84.0 cm³/mol. The highest BCUT2D eigenvalue weighted by atomic mass is 35.5. The molecule has 0 aromatic heterocycles. The number of anilines is 3. The van der Waals surface area contributed by atoms with Crippen LogP contribution in [0.15, 0.2) is 42.5 Å². The molecular formula is C15H18ClN3. The zero-order chi connectivity index (χ0) is 13.8. The lowest BCUT2D eigenvalue weighted by Crippen LogP contribution is -2.12. The fourth-order valence-electron chi connectivity index (χ4n) is 1.93. The van der Waals surface area contributed by atoms with Gasteiger partial charge in [-0.1, -0.05) is 29.8 Å². The van der Waals surface area contributed by atoms with E-state index >= 15 is 0 Å². The van der Waals surface area contributed by atoms with Gasteiger partial charge in [-0.05, 0) is 29.8 Å². The lowest BCUT2D eigenvalue weighted by molar-refractivity contribution is 1.10. The van der Waals surface area contributed by atoms with E-state index in [1.807, 2.05) is 61.5 Å². The van der Waals surface area contributed by atoms with Crippen LogP contribution in [0.3, 0.4) is 0 Å². The molecule has 2 aromatic carbocycles. The molecule has 0 aliphatic carbocycles. The van der Waals surface area contributed by atoms with Crippen molar-refractivity contribution in [2.24, 2.45) is 0 Å². The average molecular weight is 276 g/mol. The largest absolute Gasteiger partial charge is 0.398 e. The maximum atomic E-state index is 6.05. The fourth-order valence-corrected chi connectivity index (χ4v) is 2.10. The van der Waals surface area contributed by atoms with Gasteiger partial charge in [0, 0.05) is 31.4 Å². The Labute approximate surface area is 119 Å². The van der Waals surface area contributed by atoms with Gasteiger partial charge in [0.2, 0.25) is 0 Å². The quantitative estimate of drug-likeness (QED) is 0.838. The summed E-state index contributed by atoms with van der Waals surface area (Å²) >= 11 is 6.05. The Morgan fingerprint density at radius 1 is 1.16 bits per heavy atom. The third-order valence-corrected chi connectivity index (χ3v) is 3.20. The number of nitrogens with one attached hydrogen (secondary N) is 1. The Bertz CT molecular complexity index is 567. The maximum Gasteiger partial charge on any atom is 0.0597 e. The van der Waals surface area contributed by atoms with E-state index in [-0.39, 0.29) is 0 Å². The second kappa shape index (κ2) is 5.85. The molecule has 100 valence electrons. The Morgan fingerprint density at radius 2 is 1.89 bits per heavy atom. The number of benzene rings is 2. The van der Waals surface area contributed by atoms with Gasteiger partial charge < -0.3 is 16.0 Å². The van der Waals surface area contributed by atoms with Gasteiger partial charge in [0.25, 0.3) is 0 Å². The van der Waals surface area contributed by atoms with Gasteiger partial charge >= 0.3 is 0 Å². The number of nitrogen functional groups attached to an aromatic ring is 1. The second-order valence-corrected chi connectivity index (χ2v) is 5.04. The van der Waals surface area contributed by atoms with Crippen LogP contribution in [0.25, 0.3) is 0 Å². The molecule has 2 aromatic rings. The molecule has 0 heterocycles. The molecule has 0 aliphatic rings. The van der Waals surface area contributed by atoms with Crippen molar-refractivity contribution in [2.45, 2.75) is 6.54 Å². The van der Waals surface area contributed by atoms with Crippen LogP contribution in [0.5, 0.6) is 0 Å². The van der Waals surface area contributed by atoms with E-state index in [4.69, 9.17) is 17.3 Å². The molecule has 19 heavy (non-hydrogen) atoms. The van der Waals surface area contributed by atoms with Crippen molar-refractivity contribution in [1.29, 1.82) is 0 Å². The van der Waals surface area contributed by atoms with Crippen LogP contribution in [0.4, 0.5) is 17.1 Å². The van der Waals surface area contributed by atoms with Gasteiger partial charge in [-0.25, -0.2) is 0 Å². The molecule has 0 unspecified atom stereocenters. The van der Waals surface area contributed by atoms with Crippen LogP contribution in [0.1, 0.15) is 5.56 Å². The maximum absolute atomic E-state index is 6.05. The van der Waals surface area contributed by atoms with E-state index in [9.17, 15) is 0 Å². The highest BCUT2D eigenvalue weighted by Crippen LogP contribution is 2.28. The third-order valence-electron chi connectivity index (χ3n) is 2.96. The van der Waals surface area contributed by atoms with Gasteiger partial charge in [0.05, 0.1) is 11.4 Å². The summed E-state index contributed by atoms with van der Waals surface area (Å²) in [4.78, 5) is 2.05. The predicted octanol–water partition coefficient (Wildman–Crippen LogP) is 3.60. The smallest absolute Gasteiger partial charge is 0.0597 e. The number of nitrogens with two attached hydrogens (primary N) is 1. The molecule has 0 atom stereocenters. The number of para-hydroxylation sites is 1. The van der Waals surface area contributed by atoms with Crippen molar-refractivity contribution in [1.82, 2.24) is 0 Å². The summed E-state index contributed by atoms with van der Waals surface area (Å²) in [5.74, 6) is 0. The standard InChI is InChI=1S/C15H18ClN3/c1-19(2)15-8-7-12(16)9-14(15)18-10-11-5-3-4-6-13(11)17/h3-9,18H,10,17H2,1-2H3. The molecule has 0 radical (unpaired) electrons. The topological polar surface area (TPSA) is 41.3 Å². The van der Waals surface area contributed by atoms with Crippen molar-refractivity contribution >= 4 is 28.7 Å². The van der Waals surface area contributed by atoms with Crippen molar-refractivity contribution in [3.05, 3.63) is 53.1 Å². The molecule has 0 fully saturated rings. The molecule has 2 rings (SSSR count). The molecule has 0 bridgehead atoms. The van der Waals surface area contributed by atoms with E-state index < -0.39 is 0 Å². The van der Waals surface area contributed by atoms with Crippen LogP contribution in [-0.4, -0.2) is 14.1 Å². The number of hydrogen-bond donors (Lipinski definition) is 2. The van der Waals surface area contributed by atoms with E-state index in [1.165, 1.54) is 0 Å². The van der Waals surface area contributed by atoms with Gasteiger partial charge in [-0.2, -0.15) is 0 Å². The monoisotopic (exact) mass is 275 g/mol. The Balaban J connectivity index is 2.19. The lowest BCUT2D eigenvalue weighted by Gasteiger charge is -2.19. The number of hydrogen-bond acceptors (Lipinski definition) is 3. The van der Waals surface area contributed by atoms with Crippen molar-refractivity contribution in [3.8, 4) is 0 Å². The molecule has 4 heteroatoms. The first-order chi connectivity index (χ1) is 9.08. The summed E-state index contributed by atoms with van der Waals surface area (Å²) < 4.78 is 0. The zero-order valence-corrected chi connectivity index (χ0v) is 11.9. The first kappa shape index (κ1) is 13.6. The van der Waals surface area contributed by atoms with E-state index in [0.717, 1.165) is 22.6 Å². The Morgan fingerprint density at radius 3 is 2.58 bits per heavy atom. The summed E-state index contributed by atoms with van der Waals surface area (Å²) in [5, 5.41) is 4.10. The van der Waals surface area contributed by atoms with Gasteiger partial charge in [-0.3, -0.25) is 0 Å². The minimum Gasteiger partial charge on any atom is -0.398 e. The first-order valence-corrected chi connectivity index (χ1v) is 6.50. The van der Waals surface area contributed by atoms with Gasteiger partial charge in [-0.15, -0.1) is 0 Å². The number of rotatable bonds is 4. The molecule has 0 amide bonds. The van der Waals surface area contributed by atoms with Crippen molar-refractivity contribution < 1.29 is 0 Å². The number of halogens is 1. The second-order valence-electron chi connectivity index (χ2n) is 4.61. The molecule has 0 spiro atoms. The lowest BCUT2D eigenvalue weighted by atomic mass is 10.1. The molecule has 0 saturated heterocycles. The number of nitrogens with zero attached hydrogens (tertiary/aromatic N) is 1. The Hall–Kier alpha value is -1.87. The first-order valence-electron chi connectivity index (χ1n) is 6.12. The third kappa shape index (κ3) is 3.32. The molecule has 0 saturated carbocycles. The van der Waals surface area contributed by atoms with Crippen molar-refractivity contribution in [3.63, 3.8) is 0 Å². The summed E-state index contributed by atoms with van der Waals surface area (Å²) in [6.45, 7) is 0.674. The van der Waals surface area contributed by atoms with Crippen LogP contribution in [-0.2, 0) is 6.54 Å². The molecule has 0 aliphatic heterocycles. The summed E-state index contributed by atoms with van der Waals surface area (Å²) in [6.07, 6.45) is 0. The van der Waals surface area contributed by atoms with Crippen molar-refractivity contribution in [2.75, 3.05) is 30.0 Å². The average Bonchev–Trinajstić information content (AvgIpc) is 2.37. The van der Waals surface area contributed by atoms with E-state index in [2.05, 4.69) is 5.32 Å². The van der Waals surface area contributed by atoms with Crippen LogP contribution in [0, 0.1) is 0 Å². The fraction of sp³-hybridized carbons (Fsp3) is 0.200. The molecular weight excluding hydrogens is 258 g/mol. The summed E-state index contributed by atoms with van der Waals surface area (Å²) in [6, 6.07) is 13.7. The van der Waals surface area contributed by atoms with Crippen LogP contribution in [0.2, 0.25) is 5.02 Å². The normalized spacial score (nSPS) is 10.3. The van der Waals surface area contributed by atoms with Gasteiger partial charge in [0.15, 0.2) is 0 Å². The van der Waals surface area contributed by atoms with Crippen LogP contribution >= 0.6 is 11.6 Å². The minimum absolute atomic E-state index is 0.674. The van der Waals surface area contributed by atoms with E-state index in [0.29, 0.717) is 11.6 Å². The summed E-state index contributed by atoms with van der Waals surface area (Å²) in [7, 11) is 4.01. The minimum atomic E-state index is 0.674. The van der Waals surface area contributed by atoms with Gasteiger partial charge in [0.1, 0.15) is 0 Å². The van der Waals surface area contributed by atoms with Crippen LogP contribution < -0.4 is 16.0 Å². The summed E-state index contributed by atoms with van der Waals surface area (Å²) in [5.41, 5.74) is 9.90. The highest BCUT2D eigenvalue weighted by Gasteiger charge is 2.06.